The van der Waals surface area contributed by atoms with Crippen LogP contribution in [0.3, 0.4) is 0 Å². The summed E-state index contributed by atoms with van der Waals surface area (Å²) in [6, 6.07) is 16.2. The average Bonchev–Trinajstić information content (AvgIpc) is 3.25. The van der Waals surface area contributed by atoms with Gasteiger partial charge < -0.3 is 9.47 Å². The number of alkyl halides is 1. The molecule has 5 rings (SSSR count). The molecule has 1 spiro atoms. The van der Waals surface area contributed by atoms with Crippen LogP contribution in [0.1, 0.15) is 16.7 Å². The van der Waals surface area contributed by atoms with Crippen LogP contribution >= 0.6 is 11.6 Å². The number of para-hydroxylation sites is 1. The number of hydrogen-bond acceptors (Lipinski definition) is 4. The van der Waals surface area contributed by atoms with Crippen LogP contribution in [0.2, 0.25) is 0 Å². The lowest BCUT2D eigenvalue weighted by molar-refractivity contribution is -0.185. The highest BCUT2D eigenvalue weighted by molar-refractivity contribution is 6.18. The van der Waals surface area contributed by atoms with Gasteiger partial charge in [-0.2, -0.15) is 0 Å². The van der Waals surface area contributed by atoms with Crippen LogP contribution in [0.25, 0.3) is 0 Å². The van der Waals surface area contributed by atoms with Crippen molar-refractivity contribution >= 4 is 23.2 Å². The minimum atomic E-state index is -1.34. The fourth-order valence-electron chi connectivity index (χ4n) is 4.25. The van der Waals surface area contributed by atoms with Crippen LogP contribution < -0.4 is 4.90 Å². The SMILES string of the molecule is O=C1N(CN2CCc3ccccc3C2)c2ccccc2[C@@]12OC[C@@H](CCl)O2. The Morgan fingerprint density at radius 3 is 2.70 bits per heavy atom. The Kier molecular flexibility index (Phi) is 4.20. The fourth-order valence-corrected chi connectivity index (χ4v) is 4.40. The summed E-state index contributed by atoms with van der Waals surface area (Å²) in [5.41, 5.74) is 4.36. The van der Waals surface area contributed by atoms with Gasteiger partial charge in [0.15, 0.2) is 0 Å². The number of benzene rings is 2. The Bertz CT molecular complexity index is 889. The highest BCUT2D eigenvalue weighted by Crippen LogP contribution is 2.47. The van der Waals surface area contributed by atoms with Crippen LogP contribution in [0.5, 0.6) is 0 Å². The van der Waals surface area contributed by atoms with Crippen molar-refractivity contribution in [3.63, 3.8) is 0 Å². The lowest BCUT2D eigenvalue weighted by Gasteiger charge is -2.32. The summed E-state index contributed by atoms with van der Waals surface area (Å²) in [5, 5.41) is 0. The minimum absolute atomic E-state index is 0.157. The van der Waals surface area contributed by atoms with E-state index in [-0.39, 0.29) is 12.0 Å². The van der Waals surface area contributed by atoms with Crippen LogP contribution in [-0.2, 0) is 33.0 Å². The second kappa shape index (κ2) is 6.60. The smallest absolute Gasteiger partial charge is 0.293 e. The molecule has 3 aliphatic heterocycles. The predicted octanol–water partition coefficient (Wildman–Crippen LogP) is 2.86. The predicted molar refractivity (Wildman–Crippen MR) is 103 cm³/mol. The first-order valence-corrected chi connectivity index (χ1v) is 9.83. The molecular formula is C21H21ClN2O3. The largest absolute Gasteiger partial charge is 0.336 e. The van der Waals surface area contributed by atoms with E-state index in [1.807, 2.05) is 24.3 Å². The molecule has 0 aliphatic carbocycles. The van der Waals surface area contributed by atoms with Gasteiger partial charge in [-0.05, 0) is 23.6 Å². The maximum atomic E-state index is 13.4. The van der Waals surface area contributed by atoms with E-state index >= 15 is 0 Å². The molecule has 2 atom stereocenters. The fraction of sp³-hybridized carbons (Fsp3) is 0.381. The van der Waals surface area contributed by atoms with Gasteiger partial charge in [0.2, 0.25) is 0 Å². The molecule has 0 N–H and O–H groups in total. The number of hydrogen-bond donors (Lipinski definition) is 0. The van der Waals surface area contributed by atoms with Crippen molar-refractivity contribution in [2.45, 2.75) is 24.9 Å². The van der Waals surface area contributed by atoms with Crippen molar-refractivity contribution in [1.29, 1.82) is 0 Å². The second-order valence-electron chi connectivity index (χ2n) is 7.28. The van der Waals surface area contributed by atoms with Crippen molar-refractivity contribution in [3.8, 4) is 0 Å². The Hall–Kier alpha value is -1.92. The lowest BCUT2D eigenvalue weighted by atomic mass is 10.0. The van der Waals surface area contributed by atoms with E-state index in [2.05, 4.69) is 29.2 Å². The molecule has 1 amide bonds. The van der Waals surface area contributed by atoms with Crippen molar-refractivity contribution in [3.05, 3.63) is 65.2 Å². The Morgan fingerprint density at radius 1 is 1.11 bits per heavy atom. The molecule has 0 saturated carbocycles. The molecule has 5 nitrogen and oxygen atoms in total. The number of carbonyl (C=O) groups is 1. The number of rotatable bonds is 3. The van der Waals surface area contributed by atoms with E-state index in [0.29, 0.717) is 19.2 Å². The lowest BCUT2D eigenvalue weighted by Crippen LogP contribution is -2.47. The number of nitrogens with zero attached hydrogens (tertiary/aromatic N) is 2. The molecule has 1 saturated heterocycles. The summed E-state index contributed by atoms with van der Waals surface area (Å²) in [4.78, 5) is 17.5. The van der Waals surface area contributed by atoms with Crippen molar-refractivity contribution in [1.82, 2.24) is 4.90 Å². The van der Waals surface area contributed by atoms with E-state index in [4.69, 9.17) is 21.1 Å². The van der Waals surface area contributed by atoms with Gasteiger partial charge in [0.25, 0.3) is 11.7 Å². The van der Waals surface area contributed by atoms with Crippen molar-refractivity contribution < 1.29 is 14.3 Å². The first-order valence-electron chi connectivity index (χ1n) is 9.29. The molecule has 0 aromatic heterocycles. The molecule has 3 aliphatic rings. The number of amides is 1. The van der Waals surface area contributed by atoms with Gasteiger partial charge in [-0.3, -0.25) is 14.6 Å². The highest BCUT2D eigenvalue weighted by Gasteiger charge is 2.58. The van der Waals surface area contributed by atoms with Crippen LogP contribution in [0.4, 0.5) is 5.69 Å². The zero-order valence-electron chi connectivity index (χ0n) is 14.9. The number of halogens is 1. The standard InChI is InChI=1S/C21H21ClN2O3/c22-11-17-13-26-21(27-17)18-7-3-4-8-19(18)24(20(21)25)14-23-10-9-15-5-1-2-6-16(15)12-23/h1-8,17H,9-14H2/t17-,21+/m1/s1. The summed E-state index contributed by atoms with van der Waals surface area (Å²) in [7, 11) is 0. The maximum absolute atomic E-state index is 13.4. The van der Waals surface area contributed by atoms with E-state index in [1.54, 1.807) is 4.90 Å². The average molecular weight is 385 g/mol. The molecule has 0 unspecified atom stereocenters. The highest BCUT2D eigenvalue weighted by atomic mass is 35.5. The van der Waals surface area contributed by atoms with Gasteiger partial charge >= 0.3 is 0 Å². The second-order valence-corrected chi connectivity index (χ2v) is 7.59. The molecule has 3 heterocycles. The van der Waals surface area contributed by atoms with E-state index in [9.17, 15) is 4.79 Å². The molecule has 140 valence electrons. The third-order valence-corrected chi connectivity index (χ3v) is 5.95. The van der Waals surface area contributed by atoms with Crippen molar-refractivity contribution in [2.24, 2.45) is 0 Å². The Morgan fingerprint density at radius 2 is 1.89 bits per heavy atom. The van der Waals surface area contributed by atoms with Crippen LogP contribution in [0.15, 0.2) is 48.5 Å². The normalized spacial score (nSPS) is 27.2. The molecule has 2 aromatic rings. The topological polar surface area (TPSA) is 42.0 Å². The first kappa shape index (κ1) is 17.2. The quantitative estimate of drug-likeness (QED) is 0.763. The third kappa shape index (κ3) is 2.69. The van der Waals surface area contributed by atoms with Gasteiger partial charge in [0, 0.05) is 18.7 Å². The summed E-state index contributed by atoms with van der Waals surface area (Å²) < 4.78 is 11.9. The van der Waals surface area contributed by atoms with E-state index < -0.39 is 5.79 Å². The molecular weight excluding hydrogens is 364 g/mol. The maximum Gasteiger partial charge on any atom is 0.293 e. The summed E-state index contributed by atoms with van der Waals surface area (Å²) in [6.07, 6.45) is 0.720. The van der Waals surface area contributed by atoms with Crippen LogP contribution in [0, 0.1) is 0 Å². The van der Waals surface area contributed by atoms with Gasteiger partial charge in [0.05, 0.1) is 30.9 Å². The zero-order chi connectivity index (χ0) is 18.4. The molecule has 1 fully saturated rings. The van der Waals surface area contributed by atoms with Gasteiger partial charge in [-0.25, -0.2) is 0 Å². The number of anilines is 1. The number of fused-ring (bicyclic) bond motifs is 3. The molecule has 27 heavy (non-hydrogen) atoms. The zero-order valence-corrected chi connectivity index (χ0v) is 15.7. The minimum Gasteiger partial charge on any atom is -0.336 e. The molecule has 0 radical (unpaired) electrons. The van der Waals surface area contributed by atoms with Crippen LogP contribution in [-0.4, -0.2) is 42.6 Å². The molecule has 2 aromatic carbocycles. The Balaban J connectivity index is 1.43. The van der Waals surface area contributed by atoms with Gasteiger partial charge in [0.1, 0.15) is 0 Å². The Labute approximate surface area is 163 Å². The van der Waals surface area contributed by atoms with Gasteiger partial charge in [-0.1, -0.05) is 42.5 Å². The van der Waals surface area contributed by atoms with Gasteiger partial charge in [-0.15, -0.1) is 11.6 Å². The molecule has 0 bridgehead atoms. The monoisotopic (exact) mass is 384 g/mol. The number of ether oxygens (including phenoxy) is 2. The third-order valence-electron chi connectivity index (χ3n) is 5.60. The number of carbonyl (C=O) groups excluding carboxylic acids is 1. The van der Waals surface area contributed by atoms with Crippen molar-refractivity contribution in [2.75, 3.05) is 30.6 Å². The summed E-state index contributed by atoms with van der Waals surface area (Å²) in [5.74, 6) is -1.19. The summed E-state index contributed by atoms with van der Waals surface area (Å²) in [6.45, 7) is 2.60. The first-order chi connectivity index (χ1) is 13.2. The van der Waals surface area contributed by atoms with E-state index in [1.165, 1.54) is 11.1 Å². The summed E-state index contributed by atoms with van der Waals surface area (Å²) >= 11 is 5.95. The van der Waals surface area contributed by atoms with E-state index in [0.717, 1.165) is 30.8 Å². The molecule has 6 heteroatoms.